The average molecular weight is 290 g/mol. The predicted molar refractivity (Wildman–Crippen MR) is 77.1 cm³/mol. The fourth-order valence-electron chi connectivity index (χ4n) is 2.07. The Kier molecular flexibility index (Phi) is 4.86. The Bertz CT molecular complexity index is 645. The van der Waals surface area contributed by atoms with E-state index in [1.54, 1.807) is 12.1 Å². The van der Waals surface area contributed by atoms with Crippen molar-refractivity contribution in [2.75, 3.05) is 5.32 Å². The summed E-state index contributed by atoms with van der Waals surface area (Å²) in [6.45, 7) is 2.09. The number of aromatic nitrogens is 3. The van der Waals surface area contributed by atoms with E-state index in [1.165, 1.54) is 12.1 Å². The zero-order valence-corrected chi connectivity index (χ0v) is 11.9. The molecule has 0 aliphatic carbocycles. The van der Waals surface area contributed by atoms with E-state index in [2.05, 4.69) is 17.3 Å². The first-order valence-corrected chi connectivity index (χ1v) is 7.05. The maximum Gasteiger partial charge on any atom is 0.468 e. The third kappa shape index (κ3) is 3.56. The number of para-hydroxylation sites is 2. The molecule has 21 heavy (non-hydrogen) atoms. The molecule has 112 valence electrons. The van der Waals surface area contributed by atoms with Gasteiger partial charge in [-0.05, 0) is 12.5 Å². The molecule has 1 heterocycles. The van der Waals surface area contributed by atoms with E-state index in [1.807, 2.05) is 0 Å². The zero-order valence-electron chi connectivity index (χ0n) is 11.9. The van der Waals surface area contributed by atoms with Crippen LogP contribution in [-0.4, -0.2) is 11.0 Å². The van der Waals surface area contributed by atoms with E-state index in [-0.39, 0.29) is 22.9 Å². The van der Waals surface area contributed by atoms with E-state index in [4.69, 9.17) is 0 Å². The van der Waals surface area contributed by atoms with Gasteiger partial charge in [0.05, 0.1) is 0 Å². The van der Waals surface area contributed by atoms with Gasteiger partial charge in [-0.15, -0.1) is 0 Å². The number of nitrogens with zero attached hydrogens (tertiary/aromatic N) is 3. The molecular formula is C14H18N4O3. The van der Waals surface area contributed by atoms with Crippen LogP contribution in [-0.2, 0) is 4.79 Å². The lowest BCUT2D eigenvalue weighted by Crippen LogP contribution is -2.44. The van der Waals surface area contributed by atoms with E-state index in [0.29, 0.717) is 16.0 Å². The van der Waals surface area contributed by atoms with Gasteiger partial charge in [-0.25, -0.2) is 10.0 Å². The van der Waals surface area contributed by atoms with Crippen molar-refractivity contribution < 1.29 is 14.4 Å². The second-order valence-electron chi connectivity index (χ2n) is 4.84. The minimum atomic E-state index is -0.307. The molecule has 7 nitrogen and oxygen atoms in total. The lowest BCUT2D eigenvalue weighted by molar-refractivity contribution is -0.672. The number of unbranched alkanes of at least 4 members (excludes halogenated alkanes) is 3. The van der Waals surface area contributed by atoms with Crippen LogP contribution < -0.4 is 14.9 Å². The van der Waals surface area contributed by atoms with Crippen LogP contribution in [0.25, 0.3) is 11.0 Å². The molecule has 0 aliphatic heterocycles. The van der Waals surface area contributed by atoms with Crippen LogP contribution in [0.15, 0.2) is 24.3 Å². The van der Waals surface area contributed by atoms with Gasteiger partial charge in [0.1, 0.15) is 0 Å². The van der Waals surface area contributed by atoms with Gasteiger partial charge in [0.25, 0.3) is 11.4 Å². The quantitative estimate of drug-likeness (QED) is 0.494. The number of benzene rings is 1. The summed E-state index contributed by atoms with van der Waals surface area (Å²) >= 11 is 0. The van der Waals surface area contributed by atoms with Crippen molar-refractivity contribution in [3.63, 3.8) is 0 Å². The number of carbonyl (C=O) groups excluding carboxylic acids is 1. The van der Waals surface area contributed by atoms with Crippen LogP contribution in [0, 0.1) is 10.4 Å². The molecule has 0 bridgehead atoms. The maximum absolute atomic E-state index is 12.1. The normalized spacial score (nSPS) is 10.7. The summed E-state index contributed by atoms with van der Waals surface area (Å²) < 4.78 is 0.466. The van der Waals surface area contributed by atoms with Crippen molar-refractivity contribution >= 4 is 22.9 Å². The van der Waals surface area contributed by atoms with Crippen LogP contribution in [0.5, 0.6) is 0 Å². The van der Waals surface area contributed by atoms with Gasteiger partial charge >= 0.3 is 5.95 Å². The minimum absolute atomic E-state index is 0.161. The third-order valence-electron chi connectivity index (χ3n) is 3.19. The number of hydrogen-bond donors (Lipinski definition) is 1. The molecule has 7 heteroatoms. The third-order valence-corrected chi connectivity index (χ3v) is 3.19. The molecule has 1 aromatic heterocycles. The molecule has 0 aliphatic rings. The fraction of sp³-hybridized carbons (Fsp3) is 0.429. The first kappa shape index (κ1) is 15.0. The molecule has 0 saturated carbocycles. The summed E-state index contributed by atoms with van der Waals surface area (Å²) in [6, 6.07) is 6.30. The molecule has 0 fully saturated rings. The van der Waals surface area contributed by atoms with Crippen LogP contribution in [0.4, 0.5) is 5.95 Å². The molecule has 1 amide bonds. The standard InChI is InChI=1S/C14H18N4O3/c1-2-3-4-5-10-13(19)15-14-16-18(21)12-9-7-6-8-11(12)17(14)20/h6-9H,2-5,10H2,1H3,(H,15,16,19). The molecule has 1 aromatic carbocycles. The van der Waals surface area contributed by atoms with Crippen molar-refractivity contribution in [1.82, 2.24) is 5.10 Å². The summed E-state index contributed by atoms with van der Waals surface area (Å²) in [6.07, 6.45) is 4.19. The van der Waals surface area contributed by atoms with Crippen molar-refractivity contribution in [2.24, 2.45) is 0 Å². The van der Waals surface area contributed by atoms with Crippen LogP contribution >= 0.6 is 0 Å². The van der Waals surface area contributed by atoms with Gasteiger partial charge in [-0.3, -0.25) is 4.79 Å². The molecule has 2 aromatic rings. The number of fused-ring (bicyclic) bond motifs is 1. The number of amides is 1. The first-order chi connectivity index (χ1) is 10.1. The summed E-state index contributed by atoms with van der Waals surface area (Å²) in [5, 5.41) is 29.8. The maximum atomic E-state index is 12.1. The minimum Gasteiger partial charge on any atom is -0.739 e. The summed E-state index contributed by atoms with van der Waals surface area (Å²) in [5.74, 6) is -0.595. The SMILES string of the molecule is CCCCCCC(=O)Nc1n[n+]([O-])c2ccccc2[n+]1[O-]. The van der Waals surface area contributed by atoms with Gasteiger partial charge in [0.15, 0.2) is 5.52 Å². The molecule has 0 spiro atoms. The van der Waals surface area contributed by atoms with Crippen molar-refractivity contribution in [2.45, 2.75) is 39.0 Å². The molecule has 2 rings (SSSR count). The number of hydrogen-bond acceptors (Lipinski definition) is 4. The Morgan fingerprint density at radius 2 is 1.90 bits per heavy atom. The van der Waals surface area contributed by atoms with Gasteiger partial charge < -0.3 is 10.4 Å². The van der Waals surface area contributed by atoms with Gasteiger partial charge in [-0.1, -0.05) is 38.3 Å². The Morgan fingerprint density at radius 1 is 1.19 bits per heavy atom. The van der Waals surface area contributed by atoms with E-state index < -0.39 is 0 Å². The molecule has 0 radical (unpaired) electrons. The smallest absolute Gasteiger partial charge is 0.468 e. The van der Waals surface area contributed by atoms with Crippen LogP contribution in [0.1, 0.15) is 39.0 Å². The summed E-state index contributed by atoms with van der Waals surface area (Å²) in [4.78, 5) is 12.1. The largest absolute Gasteiger partial charge is 0.739 e. The average Bonchev–Trinajstić information content (AvgIpc) is 2.49. The number of nitrogens with one attached hydrogen (secondary N) is 1. The number of anilines is 1. The van der Waals surface area contributed by atoms with E-state index in [9.17, 15) is 15.2 Å². The van der Waals surface area contributed by atoms with Crippen molar-refractivity contribution in [3.05, 3.63) is 34.7 Å². The number of rotatable bonds is 6. The van der Waals surface area contributed by atoms with Gasteiger partial charge in [0.2, 0.25) is 5.10 Å². The topological polar surface area (TPSA) is 95.9 Å². The highest BCUT2D eigenvalue weighted by atomic mass is 16.5. The monoisotopic (exact) mass is 290 g/mol. The highest BCUT2D eigenvalue weighted by molar-refractivity contribution is 5.88. The first-order valence-electron chi connectivity index (χ1n) is 7.05. The summed E-state index contributed by atoms with van der Waals surface area (Å²) in [7, 11) is 0. The predicted octanol–water partition coefficient (Wildman–Crippen LogP) is 1.41. The molecule has 1 N–H and O–H groups in total. The number of carbonyl (C=O) groups is 1. The zero-order chi connectivity index (χ0) is 15.2. The second-order valence-corrected chi connectivity index (χ2v) is 4.84. The lowest BCUT2D eigenvalue weighted by atomic mass is 10.1. The van der Waals surface area contributed by atoms with Crippen LogP contribution in [0.2, 0.25) is 0 Å². The van der Waals surface area contributed by atoms with E-state index >= 15 is 0 Å². The fourth-order valence-corrected chi connectivity index (χ4v) is 2.07. The molecule has 0 unspecified atom stereocenters. The van der Waals surface area contributed by atoms with Crippen molar-refractivity contribution in [1.29, 1.82) is 0 Å². The highest BCUT2D eigenvalue weighted by Gasteiger charge is 2.21. The Labute approximate surface area is 122 Å². The summed E-state index contributed by atoms with van der Waals surface area (Å²) in [5.41, 5.74) is 0.331. The van der Waals surface area contributed by atoms with Crippen molar-refractivity contribution in [3.8, 4) is 0 Å². The molecule has 0 saturated heterocycles. The Hall–Kier alpha value is -2.44. The van der Waals surface area contributed by atoms with Gasteiger partial charge in [-0.2, -0.15) is 0 Å². The Morgan fingerprint density at radius 3 is 2.62 bits per heavy atom. The highest BCUT2D eigenvalue weighted by Crippen LogP contribution is 2.07. The Balaban J connectivity index is 2.12. The van der Waals surface area contributed by atoms with E-state index in [0.717, 1.165) is 25.7 Å². The van der Waals surface area contributed by atoms with Crippen LogP contribution in [0.3, 0.4) is 0 Å². The molecular weight excluding hydrogens is 272 g/mol. The molecule has 0 atom stereocenters. The lowest BCUT2D eigenvalue weighted by Gasteiger charge is -2.09. The second kappa shape index (κ2) is 6.83. The van der Waals surface area contributed by atoms with Gasteiger partial charge in [0, 0.05) is 17.3 Å².